The number of anilines is 1. The lowest BCUT2D eigenvalue weighted by atomic mass is 10.1. The molecule has 1 saturated heterocycles. The number of amides is 1. The minimum absolute atomic E-state index is 0.0185. The Bertz CT molecular complexity index is 963. The number of piperidine rings is 1. The van der Waals surface area contributed by atoms with Crippen molar-refractivity contribution >= 4 is 11.9 Å². The molecular formula is C22H27N7O. The fourth-order valence-electron chi connectivity index (χ4n) is 3.83. The van der Waals surface area contributed by atoms with Crippen molar-refractivity contribution in [3.05, 3.63) is 60.7 Å². The number of nitrogens with zero attached hydrogens (tertiary/aromatic N) is 6. The van der Waals surface area contributed by atoms with Crippen LogP contribution in [-0.2, 0) is 11.3 Å². The first-order chi connectivity index (χ1) is 14.6. The number of hydrogen-bond donors (Lipinski definition) is 1. The van der Waals surface area contributed by atoms with Gasteiger partial charge in [0.2, 0.25) is 11.9 Å². The van der Waals surface area contributed by atoms with E-state index in [1.54, 1.807) is 11.9 Å². The minimum Gasteiger partial charge on any atom is -0.341 e. The normalized spacial score (nSPS) is 14.7. The van der Waals surface area contributed by atoms with Crippen LogP contribution < -0.4 is 10.6 Å². The van der Waals surface area contributed by atoms with Gasteiger partial charge in [-0.2, -0.15) is 5.10 Å². The van der Waals surface area contributed by atoms with E-state index in [9.17, 15) is 4.79 Å². The van der Waals surface area contributed by atoms with Crippen LogP contribution in [0, 0.1) is 0 Å². The van der Waals surface area contributed by atoms with Crippen LogP contribution in [0.15, 0.2) is 55.1 Å². The molecular weight excluding hydrogens is 378 g/mol. The summed E-state index contributed by atoms with van der Waals surface area (Å²) in [6, 6.07) is 10.5. The van der Waals surface area contributed by atoms with Crippen LogP contribution in [0.2, 0.25) is 0 Å². The van der Waals surface area contributed by atoms with Crippen molar-refractivity contribution in [2.24, 2.45) is 5.73 Å². The minimum atomic E-state index is -0.0792. The molecule has 1 fully saturated rings. The second-order valence-electron chi connectivity index (χ2n) is 7.63. The number of rotatable bonds is 6. The molecule has 2 aromatic heterocycles. The molecule has 1 aliphatic heterocycles. The molecule has 30 heavy (non-hydrogen) atoms. The van der Waals surface area contributed by atoms with E-state index in [1.165, 1.54) is 0 Å². The standard InChI is InChI=1S/C22H27N7O/c1-27(21(30)13-23)16-17-4-2-5-18(12-17)19-14-24-22(25-15-19)28-10-6-20(7-11-28)29-9-3-8-26-29/h2-5,8-9,12,14-15,20H,6-7,10-11,13,16,23H2,1H3. The molecule has 0 saturated carbocycles. The van der Waals surface area contributed by atoms with Crippen molar-refractivity contribution in [2.75, 3.05) is 31.6 Å². The molecule has 1 aromatic carbocycles. The van der Waals surface area contributed by atoms with Crippen LogP contribution in [0.1, 0.15) is 24.4 Å². The largest absolute Gasteiger partial charge is 0.341 e. The van der Waals surface area contributed by atoms with Crippen molar-refractivity contribution in [1.82, 2.24) is 24.6 Å². The van der Waals surface area contributed by atoms with Gasteiger partial charge in [0, 0.05) is 57.0 Å². The summed E-state index contributed by atoms with van der Waals surface area (Å²) >= 11 is 0. The van der Waals surface area contributed by atoms with Crippen LogP contribution in [0.3, 0.4) is 0 Å². The van der Waals surface area contributed by atoms with Crippen molar-refractivity contribution in [3.8, 4) is 11.1 Å². The maximum absolute atomic E-state index is 11.7. The summed E-state index contributed by atoms with van der Waals surface area (Å²) in [4.78, 5) is 24.8. The van der Waals surface area contributed by atoms with Crippen LogP contribution in [-0.4, -0.2) is 57.2 Å². The van der Waals surface area contributed by atoms with Crippen molar-refractivity contribution < 1.29 is 4.79 Å². The summed E-state index contributed by atoms with van der Waals surface area (Å²) in [5, 5.41) is 4.36. The van der Waals surface area contributed by atoms with Gasteiger partial charge in [-0.25, -0.2) is 9.97 Å². The second-order valence-corrected chi connectivity index (χ2v) is 7.63. The maximum Gasteiger partial charge on any atom is 0.236 e. The summed E-state index contributed by atoms with van der Waals surface area (Å²) in [7, 11) is 1.76. The van der Waals surface area contributed by atoms with Gasteiger partial charge in [0.1, 0.15) is 0 Å². The van der Waals surface area contributed by atoms with Crippen molar-refractivity contribution in [3.63, 3.8) is 0 Å². The van der Waals surface area contributed by atoms with Crippen molar-refractivity contribution in [2.45, 2.75) is 25.4 Å². The number of hydrogen-bond acceptors (Lipinski definition) is 6. The van der Waals surface area contributed by atoms with E-state index in [0.29, 0.717) is 12.6 Å². The number of aromatic nitrogens is 4. The highest BCUT2D eigenvalue weighted by Crippen LogP contribution is 2.25. The highest BCUT2D eigenvalue weighted by molar-refractivity contribution is 5.77. The van der Waals surface area contributed by atoms with Gasteiger partial charge < -0.3 is 15.5 Å². The molecule has 0 unspecified atom stereocenters. The van der Waals surface area contributed by atoms with E-state index < -0.39 is 0 Å². The zero-order chi connectivity index (χ0) is 20.9. The van der Waals surface area contributed by atoms with Gasteiger partial charge in [0.25, 0.3) is 0 Å². The Morgan fingerprint density at radius 3 is 2.60 bits per heavy atom. The molecule has 4 rings (SSSR count). The fraction of sp³-hybridized carbons (Fsp3) is 0.364. The van der Waals surface area contributed by atoms with E-state index in [4.69, 9.17) is 5.73 Å². The van der Waals surface area contributed by atoms with Crippen LogP contribution in [0.25, 0.3) is 11.1 Å². The molecule has 0 atom stereocenters. The van der Waals surface area contributed by atoms with Crippen LogP contribution in [0.4, 0.5) is 5.95 Å². The highest BCUT2D eigenvalue weighted by Gasteiger charge is 2.22. The Morgan fingerprint density at radius 2 is 1.93 bits per heavy atom. The van der Waals surface area contributed by atoms with Crippen LogP contribution in [0.5, 0.6) is 0 Å². The van der Waals surface area contributed by atoms with Gasteiger partial charge in [0.15, 0.2) is 0 Å². The summed E-state index contributed by atoms with van der Waals surface area (Å²) in [6.07, 6.45) is 9.67. The molecule has 0 bridgehead atoms. The molecule has 2 N–H and O–H groups in total. The predicted octanol–water partition coefficient (Wildman–Crippen LogP) is 2.10. The molecule has 0 aliphatic carbocycles. The molecule has 8 heteroatoms. The molecule has 1 aliphatic rings. The predicted molar refractivity (Wildman–Crippen MR) is 116 cm³/mol. The fourth-order valence-corrected chi connectivity index (χ4v) is 3.83. The quantitative estimate of drug-likeness (QED) is 0.675. The third kappa shape index (κ3) is 4.49. The summed E-state index contributed by atoms with van der Waals surface area (Å²) in [6.45, 7) is 2.38. The number of carbonyl (C=O) groups is 1. The van der Waals surface area contributed by atoms with E-state index in [1.807, 2.05) is 53.7 Å². The van der Waals surface area contributed by atoms with E-state index in [2.05, 4.69) is 26.0 Å². The first-order valence-electron chi connectivity index (χ1n) is 10.2. The number of nitrogens with two attached hydrogens (primary N) is 1. The Hall–Kier alpha value is -3.26. The zero-order valence-corrected chi connectivity index (χ0v) is 17.2. The molecule has 0 spiro atoms. The summed E-state index contributed by atoms with van der Waals surface area (Å²) in [5.41, 5.74) is 8.47. The second kappa shape index (κ2) is 9.04. The number of benzene rings is 1. The SMILES string of the molecule is CN(Cc1cccc(-c2cnc(N3CCC(n4cccn4)CC3)nc2)c1)C(=O)CN. The highest BCUT2D eigenvalue weighted by atomic mass is 16.2. The van der Waals surface area contributed by atoms with Gasteiger partial charge in [-0.1, -0.05) is 18.2 Å². The molecule has 1 amide bonds. The average Bonchev–Trinajstić information content (AvgIpc) is 3.34. The molecule has 3 heterocycles. The maximum atomic E-state index is 11.7. The zero-order valence-electron chi connectivity index (χ0n) is 17.2. The summed E-state index contributed by atoms with van der Waals surface area (Å²) in [5.74, 6) is 0.687. The van der Waals surface area contributed by atoms with E-state index in [-0.39, 0.29) is 12.5 Å². The Morgan fingerprint density at radius 1 is 1.17 bits per heavy atom. The van der Waals surface area contributed by atoms with Gasteiger partial charge in [-0.05, 0) is 36.1 Å². The lowest BCUT2D eigenvalue weighted by molar-refractivity contribution is -0.128. The van der Waals surface area contributed by atoms with E-state index in [0.717, 1.165) is 48.6 Å². The van der Waals surface area contributed by atoms with Crippen molar-refractivity contribution in [1.29, 1.82) is 0 Å². The topological polar surface area (TPSA) is 93.2 Å². The number of carbonyl (C=O) groups excluding carboxylic acids is 1. The average molecular weight is 406 g/mol. The third-order valence-electron chi connectivity index (χ3n) is 5.56. The van der Waals surface area contributed by atoms with Crippen LogP contribution >= 0.6 is 0 Å². The van der Waals surface area contributed by atoms with Gasteiger partial charge in [-0.15, -0.1) is 0 Å². The third-order valence-corrected chi connectivity index (χ3v) is 5.56. The Balaban J connectivity index is 1.40. The monoisotopic (exact) mass is 405 g/mol. The molecule has 156 valence electrons. The van der Waals surface area contributed by atoms with Gasteiger partial charge in [-0.3, -0.25) is 9.48 Å². The van der Waals surface area contributed by atoms with Gasteiger partial charge >= 0.3 is 0 Å². The Kier molecular flexibility index (Phi) is 6.04. The smallest absolute Gasteiger partial charge is 0.236 e. The molecule has 8 nitrogen and oxygen atoms in total. The van der Waals surface area contributed by atoms with E-state index >= 15 is 0 Å². The molecule has 3 aromatic rings. The summed E-state index contributed by atoms with van der Waals surface area (Å²) < 4.78 is 2.05. The lowest BCUT2D eigenvalue weighted by Crippen LogP contribution is -2.35. The number of likely N-dealkylation sites (N-methyl/N-ethyl adjacent to an activating group) is 1. The first-order valence-corrected chi connectivity index (χ1v) is 10.2. The van der Waals surface area contributed by atoms with Gasteiger partial charge in [0.05, 0.1) is 12.6 Å². The Labute approximate surface area is 176 Å². The molecule has 0 radical (unpaired) electrons. The first kappa shape index (κ1) is 20.0. The lowest BCUT2D eigenvalue weighted by Gasteiger charge is -2.32.